The molecule has 0 saturated heterocycles. The molecule has 26 heavy (non-hydrogen) atoms. The fourth-order valence-electron chi connectivity index (χ4n) is 2.67. The summed E-state index contributed by atoms with van der Waals surface area (Å²) in [6, 6.07) is 10.6. The second kappa shape index (κ2) is 7.35. The smallest absolute Gasteiger partial charge is 0.259 e. The number of nitrogens with one attached hydrogen (secondary N) is 1. The molecule has 134 valence electrons. The van der Waals surface area contributed by atoms with Crippen molar-refractivity contribution < 1.29 is 4.74 Å². The van der Waals surface area contributed by atoms with Gasteiger partial charge in [0.05, 0.1) is 12.3 Å². The van der Waals surface area contributed by atoms with E-state index in [1.165, 1.54) is 10.6 Å². The molecule has 0 aliphatic rings. The first-order valence-electron chi connectivity index (χ1n) is 8.39. The summed E-state index contributed by atoms with van der Waals surface area (Å²) in [6.45, 7) is 8.07. The minimum Gasteiger partial charge on any atom is -0.494 e. The van der Waals surface area contributed by atoms with Gasteiger partial charge < -0.3 is 4.74 Å². The molecule has 1 N–H and O–H groups in total. The van der Waals surface area contributed by atoms with Gasteiger partial charge in [-0.2, -0.15) is 0 Å². The summed E-state index contributed by atoms with van der Waals surface area (Å²) in [5, 5.41) is 3.07. The van der Waals surface area contributed by atoms with Crippen LogP contribution in [0.15, 0.2) is 41.2 Å². The average molecular weight is 351 g/mol. The van der Waals surface area contributed by atoms with E-state index < -0.39 is 0 Å². The van der Waals surface area contributed by atoms with Gasteiger partial charge >= 0.3 is 0 Å². The van der Waals surface area contributed by atoms with Gasteiger partial charge in [0.25, 0.3) is 5.56 Å². The van der Waals surface area contributed by atoms with Crippen LogP contribution in [0.3, 0.4) is 0 Å². The molecule has 2 aromatic heterocycles. The zero-order valence-electron chi connectivity index (χ0n) is 15.3. The van der Waals surface area contributed by atoms with Gasteiger partial charge in [-0.05, 0) is 58.0 Å². The number of hydrogen-bond acceptors (Lipinski definition) is 6. The van der Waals surface area contributed by atoms with Gasteiger partial charge in [0.2, 0.25) is 11.9 Å². The third kappa shape index (κ3) is 3.88. The Kier molecular flexibility index (Phi) is 4.97. The average Bonchev–Trinajstić information content (AvgIpc) is 2.55. The molecule has 7 heteroatoms. The molecule has 3 rings (SSSR count). The van der Waals surface area contributed by atoms with Crippen molar-refractivity contribution in [1.82, 2.24) is 19.5 Å². The number of hydrogen-bond donors (Lipinski definition) is 1. The van der Waals surface area contributed by atoms with E-state index in [1.807, 2.05) is 51.1 Å². The van der Waals surface area contributed by atoms with Crippen LogP contribution in [0.2, 0.25) is 0 Å². The van der Waals surface area contributed by atoms with E-state index in [0.717, 1.165) is 17.1 Å². The first-order chi connectivity index (χ1) is 12.5. The molecule has 0 atom stereocenters. The van der Waals surface area contributed by atoms with Crippen molar-refractivity contribution in [3.8, 4) is 11.4 Å². The molecule has 0 unspecified atom stereocenters. The van der Waals surface area contributed by atoms with E-state index in [4.69, 9.17) is 4.74 Å². The second-order valence-electron chi connectivity index (χ2n) is 5.92. The molecule has 1 aromatic carbocycles. The maximum Gasteiger partial charge on any atom is 0.259 e. The monoisotopic (exact) mass is 351 g/mol. The zero-order chi connectivity index (χ0) is 18.7. The molecule has 3 aromatic rings. The molecule has 0 fully saturated rings. The van der Waals surface area contributed by atoms with Gasteiger partial charge in [-0.25, -0.2) is 19.5 Å². The van der Waals surface area contributed by atoms with E-state index in [2.05, 4.69) is 20.3 Å². The Hall–Kier alpha value is -3.22. The highest BCUT2D eigenvalue weighted by atomic mass is 16.5. The number of benzene rings is 1. The van der Waals surface area contributed by atoms with Crippen molar-refractivity contribution >= 4 is 11.9 Å². The highest BCUT2D eigenvalue weighted by Crippen LogP contribution is 2.19. The zero-order valence-corrected chi connectivity index (χ0v) is 15.3. The van der Waals surface area contributed by atoms with Crippen LogP contribution in [0.1, 0.15) is 24.0 Å². The highest BCUT2D eigenvalue weighted by Gasteiger charge is 2.12. The lowest BCUT2D eigenvalue weighted by Crippen LogP contribution is -2.23. The predicted molar refractivity (Wildman–Crippen MR) is 101 cm³/mol. The van der Waals surface area contributed by atoms with Crippen LogP contribution < -0.4 is 15.6 Å². The van der Waals surface area contributed by atoms with Crippen LogP contribution in [0.5, 0.6) is 5.75 Å². The Labute approximate surface area is 151 Å². The summed E-state index contributed by atoms with van der Waals surface area (Å²) in [5.41, 5.74) is 2.78. The summed E-state index contributed by atoms with van der Waals surface area (Å²) >= 11 is 0. The lowest BCUT2D eigenvalue weighted by molar-refractivity contribution is 0.340. The minimum absolute atomic E-state index is 0.187. The van der Waals surface area contributed by atoms with Gasteiger partial charge in [-0.15, -0.1) is 0 Å². The number of ether oxygens (including phenoxy) is 1. The van der Waals surface area contributed by atoms with E-state index in [1.54, 1.807) is 6.92 Å². The molecule has 0 amide bonds. The van der Waals surface area contributed by atoms with E-state index in [9.17, 15) is 4.79 Å². The molecular weight excluding hydrogens is 330 g/mol. The van der Waals surface area contributed by atoms with Crippen LogP contribution >= 0.6 is 0 Å². The van der Waals surface area contributed by atoms with Crippen molar-refractivity contribution in [2.45, 2.75) is 27.7 Å². The molecule has 0 saturated carbocycles. The first-order valence-corrected chi connectivity index (χ1v) is 8.39. The summed E-state index contributed by atoms with van der Waals surface area (Å²) in [4.78, 5) is 25.8. The maximum absolute atomic E-state index is 12.6. The number of rotatable bonds is 5. The SMILES string of the molecule is CCOc1ccc(-n2c(Nc3nc(C)cc(C)n3)nc(C)cc2=O)cc1. The van der Waals surface area contributed by atoms with Crippen molar-refractivity contribution in [2.24, 2.45) is 0 Å². The normalized spacial score (nSPS) is 10.6. The van der Waals surface area contributed by atoms with Gasteiger partial charge in [0.15, 0.2) is 0 Å². The molecule has 7 nitrogen and oxygen atoms in total. The van der Waals surface area contributed by atoms with E-state index >= 15 is 0 Å². The number of aryl methyl sites for hydroxylation is 3. The third-order valence-corrected chi connectivity index (χ3v) is 3.66. The number of anilines is 2. The van der Waals surface area contributed by atoms with Crippen LogP contribution in [0.25, 0.3) is 5.69 Å². The molecule has 0 aliphatic carbocycles. The third-order valence-electron chi connectivity index (χ3n) is 3.66. The summed E-state index contributed by atoms with van der Waals surface area (Å²) < 4.78 is 6.95. The van der Waals surface area contributed by atoms with Gasteiger partial charge in [0.1, 0.15) is 5.75 Å². The van der Waals surface area contributed by atoms with Gasteiger partial charge in [-0.3, -0.25) is 10.1 Å². The Morgan fingerprint density at radius 2 is 1.58 bits per heavy atom. The van der Waals surface area contributed by atoms with E-state index in [0.29, 0.717) is 29.9 Å². The number of aromatic nitrogens is 4. The van der Waals surface area contributed by atoms with Crippen molar-refractivity contribution in [2.75, 3.05) is 11.9 Å². The Morgan fingerprint density at radius 3 is 2.19 bits per heavy atom. The largest absolute Gasteiger partial charge is 0.494 e. The molecule has 2 heterocycles. The Balaban J connectivity index is 2.06. The van der Waals surface area contributed by atoms with Crippen LogP contribution in [-0.4, -0.2) is 26.1 Å². The van der Waals surface area contributed by atoms with Crippen molar-refractivity contribution in [3.05, 3.63) is 63.8 Å². The van der Waals surface area contributed by atoms with Crippen molar-refractivity contribution in [1.29, 1.82) is 0 Å². The second-order valence-corrected chi connectivity index (χ2v) is 5.92. The quantitative estimate of drug-likeness (QED) is 0.761. The molecular formula is C19H21N5O2. The topological polar surface area (TPSA) is 81.9 Å². The van der Waals surface area contributed by atoms with Gasteiger partial charge in [-0.1, -0.05) is 0 Å². The standard InChI is InChI=1S/C19H21N5O2/c1-5-26-16-8-6-15(7-9-16)24-17(25)11-14(4)22-19(24)23-18-20-12(2)10-13(3)21-18/h6-11H,5H2,1-4H3,(H,20,21,22,23). The minimum atomic E-state index is -0.187. The Bertz CT molecular complexity index is 960. The summed E-state index contributed by atoms with van der Waals surface area (Å²) in [5.74, 6) is 1.51. The first kappa shape index (κ1) is 17.6. The summed E-state index contributed by atoms with van der Waals surface area (Å²) in [7, 11) is 0. The van der Waals surface area contributed by atoms with E-state index in [-0.39, 0.29) is 5.56 Å². The lowest BCUT2D eigenvalue weighted by Gasteiger charge is -2.14. The molecule has 0 spiro atoms. The fraction of sp³-hybridized carbons (Fsp3) is 0.263. The maximum atomic E-state index is 12.6. The lowest BCUT2D eigenvalue weighted by atomic mass is 10.3. The van der Waals surface area contributed by atoms with Crippen LogP contribution in [-0.2, 0) is 0 Å². The van der Waals surface area contributed by atoms with Gasteiger partial charge in [0, 0.05) is 23.1 Å². The molecule has 0 bridgehead atoms. The molecule has 0 aliphatic heterocycles. The summed E-state index contributed by atoms with van der Waals surface area (Å²) in [6.07, 6.45) is 0. The fourth-order valence-corrected chi connectivity index (χ4v) is 2.67. The van der Waals surface area contributed by atoms with Crippen LogP contribution in [0, 0.1) is 20.8 Å². The molecule has 0 radical (unpaired) electrons. The number of nitrogens with zero attached hydrogens (tertiary/aromatic N) is 4. The Morgan fingerprint density at radius 1 is 0.962 bits per heavy atom. The predicted octanol–water partition coefficient (Wildman–Crippen LogP) is 3.09. The van der Waals surface area contributed by atoms with Crippen LogP contribution in [0.4, 0.5) is 11.9 Å². The highest BCUT2D eigenvalue weighted by molar-refractivity contribution is 5.50. The van der Waals surface area contributed by atoms with Crippen molar-refractivity contribution in [3.63, 3.8) is 0 Å².